The highest BCUT2D eigenvalue weighted by Crippen LogP contribution is 2.35. The van der Waals surface area contributed by atoms with Crippen molar-refractivity contribution in [1.82, 2.24) is 5.32 Å². The Morgan fingerprint density at radius 1 is 1.40 bits per heavy atom. The third-order valence-corrected chi connectivity index (χ3v) is 4.04. The van der Waals surface area contributed by atoms with Crippen LogP contribution >= 0.6 is 0 Å². The number of ether oxygens (including phenoxy) is 1. The van der Waals surface area contributed by atoms with E-state index in [1.54, 1.807) is 0 Å². The van der Waals surface area contributed by atoms with Gasteiger partial charge in [0, 0.05) is 6.04 Å². The predicted molar refractivity (Wildman–Crippen MR) is 85.3 cm³/mol. The summed E-state index contributed by atoms with van der Waals surface area (Å²) in [5.41, 5.74) is 3.99. The highest BCUT2D eigenvalue weighted by molar-refractivity contribution is 5.43. The lowest BCUT2D eigenvalue weighted by Gasteiger charge is -2.28. The first-order valence-electron chi connectivity index (χ1n) is 7.90. The van der Waals surface area contributed by atoms with Crippen LogP contribution in [0.5, 0.6) is 5.75 Å². The number of nitrogens with one attached hydrogen (secondary N) is 1. The zero-order valence-electron chi connectivity index (χ0n) is 12.9. The molecule has 1 aromatic rings. The highest BCUT2D eigenvalue weighted by Gasteiger charge is 2.22. The first-order valence-corrected chi connectivity index (χ1v) is 7.90. The second-order valence-electron chi connectivity index (χ2n) is 5.62. The first-order chi connectivity index (χ1) is 9.76. The van der Waals surface area contributed by atoms with E-state index in [9.17, 15) is 0 Å². The summed E-state index contributed by atoms with van der Waals surface area (Å²) in [4.78, 5) is 0. The Labute approximate surface area is 123 Å². The van der Waals surface area contributed by atoms with Gasteiger partial charge in [-0.25, -0.2) is 0 Å². The number of benzene rings is 1. The average Bonchev–Trinajstić information content (AvgIpc) is 2.50. The fraction of sp³-hybridized carbons (Fsp3) is 0.556. The molecule has 2 heteroatoms. The lowest BCUT2D eigenvalue weighted by molar-refractivity contribution is 0.340. The van der Waals surface area contributed by atoms with E-state index in [2.05, 4.69) is 43.9 Å². The van der Waals surface area contributed by atoms with E-state index in [1.165, 1.54) is 30.4 Å². The van der Waals surface area contributed by atoms with Gasteiger partial charge in [0.2, 0.25) is 0 Å². The van der Waals surface area contributed by atoms with Crippen LogP contribution in [-0.2, 0) is 6.42 Å². The quantitative estimate of drug-likeness (QED) is 0.743. The van der Waals surface area contributed by atoms with E-state index in [4.69, 9.17) is 4.74 Å². The maximum absolute atomic E-state index is 5.98. The van der Waals surface area contributed by atoms with Gasteiger partial charge < -0.3 is 10.1 Å². The molecule has 1 aromatic carbocycles. The molecule has 0 aromatic heterocycles. The first kappa shape index (κ1) is 15.1. The summed E-state index contributed by atoms with van der Waals surface area (Å²) in [6, 6.07) is 6.97. The summed E-state index contributed by atoms with van der Waals surface area (Å²) >= 11 is 0. The van der Waals surface area contributed by atoms with E-state index in [-0.39, 0.29) is 0 Å². The number of fused-ring (bicyclic) bond motifs is 1. The lowest BCUT2D eigenvalue weighted by Crippen LogP contribution is -2.26. The molecule has 2 rings (SSSR count). The molecule has 20 heavy (non-hydrogen) atoms. The van der Waals surface area contributed by atoms with Gasteiger partial charge in [0.05, 0.1) is 0 Å². The van der Waals surface area contributed by atoms with Crippen LogP contribution in [0.15, 0.2) is 30.4 Å². The molecule has 0 saturated heterocycles. The second kappa shape index (κ2) is 7.49. The summed E-state index contributed by atoms with van der Waals surface area (Å²) < 4.78 is 5.98. The van der Waals surface area contributed by atoms with Gasteiger partial charge in [-0.1, -0.05) is 32.6 Å². The minimum Gasteiger partial charge on any atom is -0.489 e. The van der Waals surface area contributed by atoms with E-state index in [0.29, 0.717) is 12.6 Å². The molecule has 1 N–H and O–H groups in total. The van der Waals surface area contributed by atoms with Gasteiger partial charge >= 0.3 is 0 Å². The van der Waals surface area contributed by atoms with Crippen molar-refractivity contribution in [2.24, 2.45) is 0 Å². The molecule has 1 aliphatic rings. The Bertz CT molecular complexity index is 453. The molecule has 0 heterocycles. The Morgan fingerprint density at radius 3 is 3.00 bits per heavy atom. The van der Waals surface area contributed by atoms with Crippen molar-refractivity contribution in [3.05, 3.63) is 41.5 Å². The normalized spacial score (nSPS) is 17.6. The summed E-state index contributed by atoms with van der Waals surface area (Å²) in [6.07, 6.45) is 5.77. The molecule has 1 atom stereocenters. The van der Waals surface area contributed by atoms with Crippen molar-refractivity contribution >= 4 is 0 Å². The van der Waals surface area contributed by atoms with E-state index < -0.39 is 0 Å². The fourth-order valence-corrected chi connectivity index (χ4v) is 2.76. The predicted octanol–water partition coefficient (Wildman–Crippen LogP) is 4.41. The standard InChI is InChI=1S/C18H27NO/c1-4-12-19-17-10-6-9-16-15(17)8-7-11-18(16)20-13-14(3)5-2/h7-8,11,17,19H,3-6,9-10,12-13H2,1-2H3. The fourth-order valence-electron chi connectivity index (χ4n) is 2.76. The minimum atomic E-state index is 0.497. The van der Waals surface area contributed by atoms with Crippen LogP contribution in [-0.4, -0.2) is 13.2 Å². The van der Waals surface area contributed by atoms with Gasteiger partial charge in [-0.2, -0.15) is 0 Å². The second-order valence-corrected chi connectivity index (χ2v) is 5.62. The molecule has 0 aliphatic heterocycles. The van der Waals surface area contributed by atoms with Crippen molar-refractivity contribution < 1.29 is 4.74 Å². The summed E-state index contributed by atoms with van der Waals surface area (Å²) in [6.45, 7) is 10.1. The van der Waals surface area contributed by atoms with Crippen LogP contribution in [0, 0.1) is 0 Å². The summed E-state index contributed by atoms with van der Waals surface area (Å²) in [5.74, 6) is 1.06. The maximum Gasteiger partial charge on any atom is 0.123 e. The molecule has 0 radical (unpaired) electrons. The van der Waals surface area contributed by atoms with Crippen LogP contribution in [0.1, 0.15) is 56.7 Å². The monoisotopic (exact) mass is 273 g/mol. The zero-order chi connectivity index (χ0) is 14.4. The molecule has 0 fully saturated rings. The van der Waals surface area contributed by atoms with Crippen LogP contribution in [0.4, 0.5) is 0 Å². The number of rotatable bonds is 7. The molecule has 1 unspecified atom stereocenters. The van der Waals surface area contributed by atoms with Crippen LogP contribution in [0.25, 0.3) is 0 Å². The Balaban J connectivity index is 2.13. The molecule has 110 valence electrons. The molecular formula is C18H27NO. The molecule has 0 bridgehead atoms. The Hall–Kier alpha value is -1.28. The topological polar surface area (TPSA) is 21.3 Å². The van der Waals surface area contributed by atoms with Crippen LogP contribution in [0.3, 0.4) is 0 Å². The van der Waals surface area contributed by atoms with Gasteiger partial charge in [0.25, 0.3) is 0 Å². The number of hydrogen-bond donors (Lipinski definition) is 1. The average molecular weight is 273 g/mol. The Kier molecular flexibility index (Phi) is 5.66. The van der Waals surface area contributed by atoms with Gasteiger partial charge in [-0.05, 0) is 61.4 Å². The smallest absolute Gasteiger partial charge is 0.123 e. The third-order valence-electron chi connectivity index (χ3n) is 4.04. The van der Waals surface area contributed by atoms with Gasteiger partial charge in [-0.15, -0.1) is 0 Å². The lowest BCUT2D eigenvalue weighted by atomic mass is 9.87. The van der Waals surface area contributed by atoms with E-state index in [1.807, 2.05) is 0 Å². The van der Waals surface area contributed by atoms with Crippen LogP contribution in [0.2, 0.25) is 0 Å². The Morgan fingerprint density at radius 2 is 2.25 bits per heavy atom. The van der Waals surface area contributed by atoms with Crippen molar-refractivity contribution in [3.63, 3.8) is 0 Å². The van der Waals surface area contributed by atoms with Crippen LogP contribution < -0.4 is 10.1 Å². The van der Waals surface area contributed by atoms with Gasteiger partial charge in [0.1, 0.15) is 12.4 Å². The minimum absolute atomic E-state index is 0.497. The molecular weight excluding hydrogens is 246 g/mol. The molecule has 0 amide bonds. The zero-order valence-corrected chi connectivity index (χ0v) is 12.9. The molecule has 0 spiro atoms. The van der Waals surface area contributed by atoms with Gasteiger partial charge in [0.15, 0.2) is 0 Å². The molecule has 2 nitrogen and oxygen atoms in total. The van der Waals surface area contributed by atoms with E-state index >= 15 is 0 Å². The van der Waals surface area contributed by atoms with Crippen molar-refractivity contribution in [1.29, 1.82) is 0 Å². The third kappa shape index (κ3) is 3.63. The number of hydrogen-bond acceptors (Lipinski definition) is 2. The van der Waals surface area contributed by atoms with Crippen molar-refractivity contribution in [2.45, 2.75) is 52.0 Å². The van der Waals surface area contributed by atoms with E-state index in [0.717, 1.165) is 30.7 Å². The van der Waals surface area contributed by atoms with Crippen molar-refractivity contribution in [2.75, 3.05) is 13.2 Å². The maximum atomic E-state index is 5.98. The summed E-state index contributed by atoms with van der Waals surface area (Å²) in [5, 5.41) is 3.66. The van der Waals surface area contributed by atoms with Gasteiger partial charge in [-0.3, -0.25) is 0 Å². The largest absolute Gasteiger partial charge is 0.489 e. The molecule has 1 aliphatic carbocycles. The highest BCUT2D eigenvalue weighted by atomic mass is 16.5. The van der Waals surface area contributed by atoms with Crippen molar-refractivity contribution in [3.8, 4) is 5.75 Å². The SMILES string of the molecule is C=C(CC)COc1cccc2c1CCCC2NCCC. The summed E-state index contributed by atoms with van der Waals surface area (Å²) in [7, 11) is 0. The molecule has 0 saturated carbocycles.